The number of aliphatic imine (C=N–C) groups is 1. The summed E-state index contributed by atoms with van der Waals surface area (Å²) in [6, 6.07) is 13.4. The molecular formula is C17H12N2O4S. The van der Waals surface area contributed by atoms with Gasteiger partial charge in [0.1, 0.15) is 0 Å². The average molecular weight is 340 g/mol. The highest BCUT2D eigenvalue weighted by Crippen LogP contribution is 2.22. The third-order valence-corrected chi connectivity index (χ3v) is 4.11. The van der Waals surface area contributed by atoms with E-state index in [1.807, 2.05) is 30.5 Å². The van der Waals surface area contributed by atoms with Gasteiger partial charge < -0.3 is 4.74 Å². The van der Waals surface area contributed by atoms with Crippen LogP contribution in [0.4, 0.5) is 5.69 Å². The first-order valence-electron chi connectivity index (χ1n) is 6.98. The molecule has 1 aliphatic heterocycles. The van der Waals surface area contributed by atoms with Gasteiger partial charge in [-0.15, -0.1) is 11.8 Å². The van der Waals surface area contributed by atoms with Gasteiger partial charge in [0.2, 0.25) is 5.90 Å². The van der Waals surface area contributed by atoms with Gasteiger partial charge in [-0.1, -0.05) is 12.1 Å². The van der Waals surface area contributed by atoms with Crippen molar-refractivity contribution >= 4 is 35.4 Å². The lowest BCUT2D eigenvalue weighted by Crippen LogP contribution is -2.05. The van der Waals surface area contributed by atoms with Crippen molar-refractivity contribution in [3.8, 4) is 0 Å². The summed E-state index contributed by atoms with van der Waals surface area (Å²) in [4.78, 5) is 27.4. The number of hydrogen-bond donors (Lipinski definition) is 0. The van der Waals surface area contributed by atoms with Crippen molar-refractivity contribution in [1.82, 2.24) is 0 Å². The third kappa shape index (κ3) is 3.36. The van der Waals surface area contributed by atoms with Crippen LogP contribution in [0, 0.1) is 10.1 Å². The molecule has 0 unspecified atom stereocenters. The summed E-state index contributed by atoms with van der Waals surface area (Å²) >= 11 is 1.63. The zero-order valence-electron chi connectivity index (χ0n) is 12.6. The fourth-order valence-corrected chi connectivity index (χ4v) is 2.52. The second-order valence-electron chi connectivity index (χ2n) is 4.91. The van der Waals surface area contributed by atoms with Gasteiger partial charge in [-0.3, -0.25) is 10.1 Å². The number of esters is 1. The van der Waals surface area contributed by atoms with E-state index >= 15 is 0 Å². The summed E-state index contributed by atoms with van der Waals surface area (Å²) in [7, 11) is 0. The molecule has 0 N–H and O–H groups in total. The van der Waals surface area contributed by atoms with Gasteiger partial charge in [-0.05, 0) is 42.2 Å². The quantitative estimate of drug-likeness (QED) is 0.279. The molecule has 2 aromatic rings. The predicted molar refractivity (Wildman–Crippen MR) is 91.9 cm³/mol. The molecule has 2 aromatic carbocycles. The third-order valence-electron chi connectivity index (χ3n) is 3.36. The number of carbonyl (C=O) groups excluding carboxylic acids is 1. The minimum absolute atomic E-state index is 0.0340. The molecule has 0 saturated heterocycles. The highest BCUT2D eigenvalue weighted by atomic mass is 32.2. The molecule has 1 heterocycles. The fourth-order valence-electron chi connectivity index (χ4n) is 2.12. The van der Waals surface area contributed by atoms with Crippen LogP contribution >= 0.6 is 11.8 Å². The molecule has 0 aromatic heterocycles. The van der Waals surface area contributed by atoms with E-state index in [2.05, 4.69) is 4.99 Å². The maximum atomic E-state index is 11.9. The number of nitro groups is 1. The van der Waals surface area contributed by atoms with E-state index < -0.39 is 10.9 Å². The zero-order valence-corrected chi connectivity index (χ0v) is 13.4. The number of nitrogens with zero attached hydrogens (tertiary/aromatic N) is 2. The molecule has 0 amide bonds. The van der Waals surface area contributed by atoms with Crippen molar-refractivity contribution in [2.24, 2.45) is 4.99 Å². The molecule has 24 heavy (non-hydrogen) atoms. The number of hydrogen-bond acceptors (Lipinski definition) is 6. The summed E-state index contributed by atoms with van der Waals surface area (Å²) in [5, 5.41) is 10.7. The van der Waals surface area contributed by atoms with Gasteiger partial charge >= 0.3 is 5.97 Å². The number of thioether (sulfide) groups is 1. The van der Waals surface area contributed by atoms with Crippen LogP contribution in [0.25, 0.3) is 6.08 Å². The summed E-state index contributed by atoms with van der Waals surface area (Å²) < 4.78 is 5.15. The highest BCUT2D eigenvalue weighted by Gasteiger charge is 2.24. The largest absolute Gasteiger partial charge is 0.402 e. The van der Waals surface area contributed by atoms with Gasteiger partial charge in [0.25, 0.3) is 5.69 Å². The standard InChI is InChI=1S/C17H12N2O4S/c1-24-14-8-2-11(3-9-14)10-15-17(20)23-16(18-15)12-4-6-13(7-5-12)19(21)22/h2-10H,1H3/b15-10+. The fraction of sp³-hybridized carbons (Fsp3) is 0.0588. The first-order chi connectivity index (χ1) is 11.6. The number of rotatable bonds is 4. The Labute approximate surface area is 142 Å². The number of cyclic esters (lactones) is 1. The van der Waals surface area contributed by atoms with Crippen molar-refractivity contribution in [1.29, 1.82) is 0 Å². The van der Waals surface area contributed by atoms with Gasteiger partial charge in [0.05, 0.1) is 4.92 Å². The Hall–Kier alpha value is -2.93. The molecule has 7 heteroatoms. The van der Waals surface area contributed by atoms with E-state index in [9.17, 15) is 14.9 Å². The molecule has 0 atom stereocenters. The topological polar surface area (TPSA) is 81.8 Å². The van der Waals surface area contributed by atoms with Gasteiger partial charge in [0, 0.05) is 22.6 Å². The van der Waals surface area contributed by atoms with E-state index in [1.165, 1.54) is 24.3 Å². The van der Waals surface area contributed by atoms with Crippen molar-refractivity contribution < 1.29 is 14.5 Å². The first kappa shape index (κ1) is 15.9. The Balaban J connectivity index is 1.86. The van der Waals surface area contributed by atoms with Gasteiger partial charge in [-0.25, -0.2) is 9.79 Å². The second kappa shape index (κ2) is 6.67. The van der Waals surface area contributed by atoms with Crippen molar-refractivity contribution in [3.63, 3.8) is 0 Å². The molecule has 0 aliphatic carbocycles. The van der Waals surface area contributed by atoms with E-state index in [0.717, 1.165) is 10.5 Å². The minimum Gasteiger partial charge on any atom is -0.402 e. The summed E-state index contributed by atoms with van der Waals surface area (Å²) in [6.07, 6.45) is 3.63. The average Bonchev–Trinajstić information content (AvgIpc) is 2.96. The lowest BCUT2D eigenvalue weighted by Gasteiger charge is -1.98. The van der Waals surface area contributed by atoms with E-state index in [-0.39, 0.29) is 17.3 Å². The molecule has 3 rings (SSSR count). The Morgan fingerprint density at radius 3 is 2.38 bits per heavy atom. The van der Waals surface area contributed by atoms with Gasteiger partial charge in [0.15, 0.2) is 5.70 Å². The van der Waals surface area contributed by atoms with Crippen molar-refractivity contribution in [3.05, 3.63) is 75.5 Å². The summed E-state index contributed by atoms with van der Waals surface area (Å²) in [6.45, 7) is 0. The number of ether oxygens (including phenoxy) is 1. The van der Waals surface area contributed by atoms with Crippen LogP contribution in [-0.2, 0) is 9.53 Å². The minimum atomic E-state index is -0.544. The lowest BCUT2D eigenvalue weighted by molar-refractivity contribution is -0.384. The monoisotopic (exact) mass is 340 g/mol. The van der Waals surface area contributed by atoms with Crippen LogP contribution in [0.1, 0.15) is 11.1 Å². The van der Waals surface area contributed by atoms with Crippen molar-refractivity contribution in [2.45, 2.75) is 4.90 Å². The summed E-state index contributed by atoms with van der Waals surface area (Å²) in [5.41, 5.74) is 1.51. The van der Waals surface area contributed by atoms with Crippen LogP contribution in [0.5, 0.6) is 0 Å². The predicted octanol–water partition coefficient (Wildman–Crippen LogP) is 3.66. The maximum Gasteiger partial charge on any atom is 0.363 e. The zero-order chi connectivity index (χ0) is 17.1. The molecule has 0 saturated carbocycles. The Kier molecular flexibility index (Phi) is 4.43. The van der Waals surface area contributed by atoms with Crippen LogP contribution < -0.4 is 0 Å². The van der Waals surface area contributed by atoms with E-state index in [4.69, 9.17) is 4.74 Å². The van der Waals surface area contributed by atoms with Crippen LogP contribution in [0.15, 0.2) is 64.1 Å². The lowest BCUT2D eigenvalue weighted by atomic mass is 10.2. The second-order valence-corrected chi connectivity index (χ2v) is 5.79. The molecule has 0 fully saturated rings. The molecule has 1 aliphatic rings. The van der Waals surface area contributed by atoms with Crippen LogP contribution in [-0.4, -0.2) is 23.0 Å². The molecule has 0 radical (unpaired) electrons. The van der Waals surface area contributed by atoms with Crippen molar-refractivity contribution in [2.75, 3.05) is 6.26 Å². The highest BCUT2D eigenvalue weighted by molar-refractivity contribution is 7.98. The number of nitro benzene ring substituents is 1. The molecule has 120 valence electrons. The number of carbonyl (C=O) groups is 1. The Morgan fingerprint density at radius 2 is 1.79 bits per heavy atom. The van der Waals surface area contributed by atoms with E-state index in [1.54, 1.807) is 17.8 Å². The Bertz CT molecular complexity index is 855. The smallest absolute Gasteiger partial charge is 0.363 e. The molecule has 0 bridgehead atoms. The first-order valence-corrected chi connectivity index (χ1v) is 8.21. The number of benzene rings is 2. The SMILES string of the molecule is CSc1ccc(/C=C2/N=C(c3ccc([N+](=O)[O-])cc3)OC2=O)cc1. The summed E-state index contributed by atoms with van der Waals surface area (Å²) in [5.74, 6) is -0.404. The van der Waals surface area contributed by atoms with E-state index in [0.29, 0.717) is 5.56 Å². The molecule has 6 nitrogen and oxygen atoms in total. The Morgan fingerprint density at radius 1 is 1.12 bits per heavy atom. The molecule has 0 spiro atoms. The van der Waals surface area contributed by atoms with Gasteiger partial charge in [-0.2, -0.15) is 0 Å². The normalized spacial score (nSPS) is 15.3. The number of non-ortho nitro benzene ring substituents is 1. The van der Waals surface area contributed by atoms with Crippen LogP contribution in [0.3, 0.4) is 0 Å². The van der Waals surface area contributed by atoms with Crippen LogP contribution in [0.2, 0.25) is 0 Å². The maximum absolute atomic E-state index is 11.9. The molecular weight excluding hydrogens is 328 g/mol.